The van der Waals surface area contributed by atoms with Crippen LogP contribution in [0.4, 0.5) is 5.69 Å². The van der Waals surface area contributed by atoms with Gasteiger partial charge in [-0.1, -0.05) is 0 Å². The van der Waals surface area contributed by atoms with Crippen LogP contribution in [0.2, 0.25) is 0 Å². The van der Waals surface area contributed by atoms with Gasteiger partial charge in [0.05, 0.1) is 24.0 Å². The van der Waals surface area contributed by atoms with Crippen LogP contribution in [0.5, 0.6) is 0 Å². The minimum absolute atomic E-state index is 0.00997. The molecule has 0 amide bonds. The standard InChI is InChI=1S/C17H28N4O2/c1-13(2)20-7-3-4-14(12-20)21-17(23)10-15(11-18-21)19-8-5-16(22)6-9-19/h10-11,13-14,16,22H,3-9,12H2,1-2H3/t14-/m1/s1. The summed E-state index contributed by atoms with van der Waals surface area (Å²) in [6.45, 7) is 7.99. The first-order valence-corrected chi connectivity index (χ1v) is 8.80. The third-order valence-corrected chi connectivity index (χ3v) is 5.15. The lowest BCUT2D eigenvalue weighted by Crippen LogP contribution is -2.44. The van der Waals surface area contributed by atoms with Crippen molar-refractivity contribution in [3.05, 3.63) is 22.6 Å². The van der Waals surface area contributed by atoms with Crippen LogP contribution in [0.15, 0.2) is 17.1 Å². The van der Waals surface area contributed by atoms with Gasteiger partial charge in [-0.25, -0.2) is 4.68 Å². The summed E-state index contributed by atoms with van der Waals surface area (Å²) in [5.74, 6) is 0. The Balaban J connectivity index is 1.73. The van der Waals surface area contributed by atoms with E-state index in [0.29, 0.717) is 6.04 Å². The van der Waals surface area contributed by atoms with E-state index in [1.165, 1.54) is 0 Å². The van der Waals surface area contributed by atoms with Crippen LogP contribution in [0.1, 0.15) is 45.6 Å². The number of aliphatic hydroxyl groups excluding tert-OH is 1. The fourth-order valence-corrected chi connectivity index (χ4v) is 3.63. The minimum Gasteiger partial charge on any atom is -0.393 e. The largest absolute Gasteiger partial charge is 0.393 e. The molecule has 0 bridgehead atoms. The Morgan fingerprint density at radius 3 is 2.61 bits per heavy atom. The number of hydrogen-bond donors (Lipinski definition) is 1. The van der Waals surface area contributed by atoms with Crippen LogP contribution >= 0.6 is 0 Å². The van der Waals surface area contributed by atoms with Gasteiger partial charge in [0.1, 0.15) is 0 Å². The molecule has 0 saturated carbocycles. The van der Waals surface area contributed by atoms with E-state index < -0.39 is 0 Å². The summed E-state index contributed by atoms with van der Waals surface area (Å²) in [6, 6.07) is 2.39. The average molecular weight is 320 g/mol. The third-order valence-electron chi connectivity index (χ3n) is 5.15. The van der Waals surface area contributed by atoms with Crippen molar-refractivity contribution in [2.24, 2.45) is 0 Å². The first-order chi connectivity index (χ1) is 11.0. The van der Waals surface area contributed by atoms with E-state index in [4.69, 9.17) is 0 Å². The first kappa shape index (κ1) is 16.5. The van der Waals surface area contributed by atoms with Crippen LogP contribution in [-0.4, -0.2) is 58.1 Å². The summed E-state index contributed by atoms with van der Waals surface area (Å²) in [6.07, 6.45) is 5.26. The lowest BCUT2D eigenvalue weighted by molar-refractivity contribution is 0.134. The summed E-state index contributed by atoms with van der Waals surface area (Å²) in [4.78, 5) is 17.1. The molecule has 0 spiro atoms. The number of aliphatic hydroxyl groups is 1. The molecule has 2 aliphatic rings. The molecule has 3 rings (SSSR count). The molecule has 128 valence electrons. The normalized spacial score (nSPS) is 24.3. The van der Waals surface area contributed by atoms with Crippen molar-refractivity contribution in [1.82, 2.24) is 14.7 Å². The Bertz CT molecular complexity index is 578. The maximum atomic E-state index is 12.5. The van der Waals surface area contributed by atoms with E-state index in [-0.39, 0.29) is 17.7 Å². The summed E-state index contributed by atoms with van der Waals surface area (Å²) in [7, 11) is 0. The van der Waals surface area contributed by atoms with Crippen molar-refractivity contribution in [2.75, 3.05) is 31.1 Å². The van der Waals surface area contributed by atoms with Crippen LogP contribution in [0.25, 0.3) is 0 Å². The number of nitrogens with zero attached hydrogens (tertiary/aromatic N) is 4. The molecule has 0 aromatic carbocycles. The molecule has 1 N–H and O–H groups in total. The van der Waals surface area contributed by atoms with Gasteiger partial charge in [0.25, 0.3) is 5.56 Å². The molecule has 1 atom stereocenters. The molecule has 2 aliphatic heterocycles. The number of rotatable bonds is 3. The molecule has 2 fully saturated rings. The van der Waals surface area contributed by atoms with Crippen LogP contribution in [0, 0.1) is 0 Å². The average Bonchev–Trinajstić information content (AvgIpc) is 2.55. The van der Waals surface area contributed by atoms with Gasteiger partial charge in [0.15, 0.2) is 0 Å². The van der Waals surface area contributed by atoms with Gasteiger partial charge >= 0.3 is 0 Å². The SMILES string of the molecule is CC(C)N1CCC[C@@H](n2ncc(N3CCC(O)CC3)cc2=O)C1. The second-order valence-electron chi connectivity index (χ2n) is 7.10. The van der Waals surface area contributed by atoms with Crippen molar-refractivity contribution < 1.29 is 5.11 Å². The van der Waals surface area contributed by atoms with E-state index in [2.05, 4.69) is 28.7 Å². The van der Waals surface area contributed by atoms with E-state index in [1.807, 2.05) is 6.20 Å². The Labute approximate surface area is 137 Å². The highest BCUT2D eigenvalue weighted by molar-refractivity contribution is 5.43. The fourth-order valence-electron chi connectivity index (χ4n) is 3.63. The molecule has 2 saturated heterocycles. The Morgan fingerprint density at radius 1 is 1.22 bits per heavy atom. The van der Waals surface area contributed by atoms with Crippen molar-refractivity contribution >= 4 is 5.69 Å². The van der Waals surface area contributed by atoms with E-state index >= 15 is 0 Å². The molecule has 6 nitrogen and oxygen atoms in total. The van der Waals surface area contributed by atoms with Crippen molar-refractivity contribution in [2.45, 2.75) is 57.7 Å². The zero-order valence-electron chi connectivity index (χ0n) is 14.2. The molecule has 0 unspecified atom stereocenters. The van der Waals surface area contributed by atoms with Crippen LogP contribution in [-0.2, 0) is 0 Å². The van der Waals surface area contributed by atoms with Crippen molar-refractivity contribution in [1.29, 1.82) is 0 Å². The molecule has 1 aromatic rings. The summed E-state index contributed by atoms with van der Waals surface area (Å²) < 4.78 is 1.66. The van der Waals surface area contributed by atoms with Crippen LogP contribution in [0.3, 0.4) is 0 Å². The maximum Gasteiger partial charge on any atom is 0.269 e. The number of hydrogen-bond acceptors (Lipinski definition) is 5. The molecule has 1 aromatic heterocycles. The lowest BCUT2D eigenvalue weighted by atomic mass is 10.0. The number of aromatic nitrogens is 2. The highest BCUT2D eigenvalue weighted by atomic mass is 16.3. The summed E-state index contributed by atoms with van der Waals surface area (Å²) >= 11 is 0. The van der Waals surface area contributed by atoms with Gasteiger partial charge in [0.2, 0.25) is 0 Å². The number of piperidine rings is 2. The first-order valence-electron chi connectivity index (χ1n) is 8.80. The Kier molecular flexibility index (Phi) is 5.02. The van der Waals surface area contributed by atoms with Gasteiger partial charge in [-0.05, 0) is 46.1 Å². The predicted molar refractivity (Wildman–Crippen MR) is 90.9 cm³/mol. The van der Waals surface area contributed by atoms with Gasteiger partial charge in [-0.3, -0.25) is 9.69 Å². The third kappa shape index (κ3) is 3.75. The molecule has 23 heavy (non-hydrogen) atoms. The minimum atomic E-state index is -0.205. The molecule has 0 radical (unpaired) electrons. The zero-order valence-corrected chi connectivity index (χ0v) is 14.2. The fraction of sp³-hybridized carbons (Fsp3) is 0.765. The van der Waals surface area contributed by atoms with Gasteiger partial charge in [-0.2, -0.15) is 5.10 Å². The molecule has 3 heterocycles. The van der Waals surface area contributed by atoms with Gasteiger partial charge in [-0.15, -0.1) is 0 Å². The molecular weight excluding hydrogens is 292 g/mol. The maximum absolute atomic E-state index is 12.5. The number of anilines is 1. The zero-order chi connectivity index (χ0) is 16.4. The quantitative estimate of drug-likeness (QED) is 0.908. The second kappa shape index (κ2) is 7.01. The highest BCUT2D eigenvalue weighted by Gasteiger charge is 2.25. The summed E-state index contributed by atoms with van der Waals surface area (Å²) in [5.41, 5.74) is 0.874. The van der Waals surface area contributed by atoms with Crippen molar-refractivity contribution in [3.8, 4) is 0 Å². The van der Waals surface area contributed by atoms with E-state index in [1.54, 1.807) is 10.7 Å². The van der Waals surface area contributed by atoms with Crippen LogP contribution < -0.4 is 10.5 Å². The van der Waals surface area contributed by atoms with Gasteiger partial charge < -0.3 is 10.0 Å². The molecule has 0 aliphatic carbocycles. The number of likely N-dealkylation sites (tertiary alicyclic amines) is 1. The summed E-state index contributed by atoms with van der Waals surface area (Å²) in [5, 5.41) is 14.1. The highest BCUT2D eigenvalue weighted by Crippen LogP contribution is 2.22. The van der Waals surface area contributed by atoms with Crippen molar-refractivity contribution in [3.63, 3.8) is 0 Å². The predicted octanol–water partition coefficient (Wildman–Crippen LogP) is 1.25. The Morgan fingerprint density at radius 2 is 1.96 bits per heavy atom. The Hall–Kier alpha value is -1.40. The topological polar surface area (TPSA) is 61.6 Å². The van der Waals surface area contributed by atoms with Gasteiger partial charge in [0, 0.05) is 31.7 Å². The molecule has 6 heteroatoms. The monoisotopic (exact) mass is 320 g/mol. The lowest BCUT2D eigenvalue weighted by Gasteiger charge is -2.36. The van der Waals surface area contributed by atoms with E-state index in [9.17, 15) is 9.90 Å². The van der Waals surface area contributed by atoms with E-state index in [0.717, 1.165) is 57.5 Å². The smallest absolute Gasteiger partial charge is 0.269 e. The molecular formula is C17H28N4O2. The second-order valence-corrected chi connectivity index (χ2v) is 7.10.